The number of aliphatic hydroxyl groups excluding tert-OH is 3. The van der Waals surface area contributed by atoms with E-state index in [0.717, 1.165) is 0 Å². The van der Waals surface area contributed by atoms with Crippen LogP contribution in [-0.2, 0) is 0 Å². The lowest BCUT2D eigenvalue weighted by molar-refractivity contribution is 0.00345. The van der Waals surface area contributed by atoms with E-state index in [9.17, 15) is 0 Å². The van der Waals surface area contributed by atoms with Crippen molar-refractivity contribution in [2.75, 3.05) is 13.2 Å². The van der Waals surface area contributed by atoms with Gasteiger partial charge in [0, 0.05) is 12.5 Å². The van der Waals surface area contributed by atoms with Crippen LogP contribution in [0.15, 0.2) is 0 Å². The average Bonchev–Trinajstić information content (AvgIpc) is 1.88. The Labute approximate surface area is 61.3 Å². The molecule has 3 N–H and O–H groups in total. The van der Waals surface area contributed by atoms with Gasteiger partial charge in [-0.05, 0) is 5.92 Å². The molecule has 0 radical (unpaired) electrons. The molecule has 0 aromatic heterocycles. The summed E-state index contributed by atoms with van der Waals surface area (Å²) in [5.41, 5.74) is 0. The SMILES string of the molecule is CC(C)C(CO)[C@H](O)CO. The molecule has 0 saturated heterocycles. The quantitative estimate of drug-likeness (QED) is 0.508. The second-order valence-corrected chi connectivity index (χ2v) is 2.84. The van der Waals surface area contributed by atoms with Crippen molar-refractivity contribution in [1.82, 2.24) is 0 Å². The summed E-state index contributed by atoms with van der Waals surface area (Å²) < 4.78 is 0. The van der Waals surface area contributed by atoms with Crippen molar-refractivity contribution in [3.05, 3.63) is 0 Å². The van der Waals surface area contributed by atoms with Crippen LogP contribution in [0.1, 0.15) is 13.8 Å². The molecule has 0 rings (SSSR count). The summed E-state index contributed by atoms with van der Waals surface area (Å²) in [6, 6.07) is 0. The van der Waals surface area contributed by atoms with Crippen LogP contribution >= 0.6 is 0 Å². The zero-order chi connectivity index (χ0) is 8.15. The Kier molecular flexibility index (Phi) is 4.60. The molecule has 0 aromatic rings. The fraction of sp³-hybridized carbons (Fsp3) is 1.00. The Bertz CT molecular complexity index is 82.9. The van der Waals surface area contributed by atoms with E-state index in [2.05, 4.69) is 0 Å². The van der Waals surface area contributed by atoms with E-state index in [1.807, 2.05) is 13.8 Å². The Morgan fingerprint density at radius 1 is 1.10 bits per heavy atom. The van der Waals surface area contributed by atoms with Gasteiger partial charge in [0.25, 0.3) is 0 Å². The molecule has 1 unspecified atom stereocenters. The largest absolute Gasteiger partial charge is 0.396 e. The number of rotatable bonds is 4. The predicted molar refractivity (Wildman–Crippen MR) is 38.5 cm³/mol. The molecule has 0 aliphatic carbocycles. The Morgan fingerprint density at radius 2 is 1.60 bits per heavy atom. The summed E-state index contributed by atoms with van der Waals surface area (Å²) in [5, 5.41) is 26.3. The molecule has 0 fully saturated rings. The molecule has 10 heavy (non-hydrogen) atoms. The van der Waals surface area contributed by atoms with E-state index in [4.69, 9.17) is 15.3 Å². The van der Waals surface area contributed by atoms with Gasteiger partial charge in [-0.2, -0.15) is 0 Å². The number of hydrogen-bond acceptors (Lipinski definition) is 3. The smallest absolute Gasteiger partial charge is 0.0823 e. The highest BCUT2D eigenvalue weighted by Crippen LogP contribution is 2.13. The molecule has 0 aliphatic rings. The molecular weight excluding hydrogens is 132 g/mol. The molecule has 0 spiro atoms. The average molecular weight is 148 g/mol. The minimum atomic E-state index is -0.787. The third-order valence-electron chi connectivity index (χ3n) is 1.75. The molecule has 0 bridgehead atoms. The van der Waals surface area contributed by atoms with Gasteiger partial charge in [-0.25, -0.2) is 0 Å². The molecule has 0 saturated carbocycles. The zero-order valence-electron chi connectivity index (χ0n) is 6.49. The minimum absolute atomic E-state index is 0.0700. The predicted octanol–water partition coefficient (Wildman–Crippen LogP) is -0.396. The van der Waals surface area contributed by atoms with Crippen LogP contribution in [0.4, 0.5) is 0 Å². The maximum atomic E-state index is 9.08. The van der Waals surface area contributed by atoms with E-state index in [1.165, 1.54) is 0 Å². The van der Waals surface area contributed by atoms with Crippen molar-refractivity contribution in [2.24, 2.45) is 11.8 Å². The van der Waals surface area contributed by atoms with E-state index in [-0.39, 0.29) is 25.0 Å². The third kappa shape index (κ3) is 2.64. The molecule has 0 aliphatic heterocycles. The maximum absolute atomic E-state index is 9.08. The Hall–Kier alpha value is -0.120. The lowest BCUT2D eigenvalue weighted by Gasteiger charge is -2.22. The molecule has 0 heterocycles. The minimum Gasteiger partial charge on any atom is -0.396 e. The summed E-state index contributed by atoms with van der Waals surface area (Å²) in [5.74, 6) is -0.00264. The van der Waals surface area contributed by atoms with Crippen molar-refractivity contribution in [3.63, 3.8) is 0 Å². The van der Waals surface area contributed by atoms with E-state index in [1.54, 1.807) is 0 Å². The van der Waals surface area contributed by atoms with Crippen LogP contribution in [0.3, 0.4) is 0 Å². The zero-order valence-corrected chi connectivity index (χ0v) is 6.49. The lowest BCUT2D eigenvalue weighted by Crippen LogP contribution is -2.31. The summed E-state index contributed by atoms with van der Waals surface area (Å²) in [4.78, 5) is 0. The van der Waals surface area contributed by atoms with Crippen LogP contribution in [-0.4, -0.2) is 34.6 Å². The van der Waals surface area contributed by atoms with Crippen molar-refractivity contribution >= 4 is 0 Å². The van der Waals surface area contributed by atoms with Gasteiger partial charge in [0.2, 0.25) is 0 Å². The monoisotopic (exact) mass is 148 g/mol. The van der Waals surface area contributed by atoms with Crippen LogP contribution < -0.4 is 0 Å². The first-order valence-electron chi connectivity index (χ1n) is 3.53. The lowest BCUT2D eigenvalue weighted by atomic mass is 9.91. The second-order valence-electron chi connectivity index (χ2n) is 2.84. The molecule has 3 nitrogen and oxygen atoms in total. The fourth-order valence-electron chi connectivity index (χ4n) is 0.912. The summed E-state index contributed by atoms with van der Waals surface area (Å²) in [7, 11) is 0. The number of hydrogen-bond donors (Lipinski definition) is 3. The van der Waals surface area contributed by atoms with Crippen molar-refractivity contribution in [1.29, 1.82) is 0 Å². The van der Waals surface area contributed by atoms with Gasteiger partial charge >= 0.3 is 0 Å². The Balaban J connectivity index is 3.80. The molecule has 0 amide bonds. The highest BCUT2D eigenvalue weighted by atomic mass is 16.3. The molecular formula is C7H16O3. The van der Waals surface area contributed by atoms with Crippen LogP contribution in [0.2, 0.25) is 0 Å². The Morgan fingerprint density at radius 3 is 1.70 bits per heavy atom. The van der Waals surface area contributed by atoms with Gasteiger partial charge in [-0.1, -0.05) is 13.8 Å². The standard InChI is InChI=1S/C7H16O3/c1-5(2)6(3-8)7(10)4-9/h5-10H,3-4H2,1-2H3/t6?,7-/m1/s1. The fourth-order valence-corrected chi connectivity index (χ4v) is 0.912. The van der Waals surface area contributed by atoms with Gasteiger partial charge in [-0.15, -0.1) is 0 Å². The molecule has 62 valence electrons. The first-order valence-corrected chi connectivity index (χ1v) is 3.53. The summed E-state index contributed by atoms with van der Waals surface area (Å²) in [6.45, 7) is 3.46. The number of aliphatic hydroxyl groups is 3. The summed E-state index contributed by atoms with van der Waals surface area (Å²) in [6.07, 6.45) is -0.787. The van der Waals surface area contributed by atoms with Gasteiger partial charge in [-0.3, -0.25) is 0 Å². The van der Waals surface area contributed by atoms with Gasteiger partial charge in [0.05, 0.1) is 12.7 Å². The van der Waals surface area contributed by atoms with E-state index < -0.39 is 6.10 Å². The van der Waals surface area contributed by atoms with Crippen LogP contribution in [0.25, 0.3) is 0 Å². The normalized spacial score (nSPS) is 17.4. The topological polar surface area (TPSA) is 60.7 Å². The molecule has 0 aromatic carbocycles. The highest BCUT2D eigenvalue weighted by Gasteiger charge is 2.20. The van der Waals surface area contributed by atoms with Gasteiger partial charge < -0.3 is 15.3 Å². The second kappa shape index (κ2) is 4.66. The van der Waals surface area contributed by atoms with E-state index >= 15 is 0 Å². The van der Waals surface area contributed by atoms with E-state index in [0.29, 0.717) is 0 Å². The van der Waals surface area contributed by atoms with Crippen LogP contribution in [0.5, 0.6) is 0 Å². The summed E-state index contributed by atoms with van der Waals surface area (Å²) >= 11 is 0. The van der Waals surface area contributed by atoms with Crippen molar-refractivity contribution < 1.29 is 15.3 Å². The van der Waals surface area contributed by atoms with Gasteiger partial charge in [0.15, 0.2) is 0 Å². The van der Waals surface area contributed by atoms with Crippen molar-refractivity contribution in [3.8, 4) is 0 Å². The molecule has 2 atom stereocenters. The maximum Gasteiger partial charge on any atom is 0.0823 e. The first-order chi connectivity index (χ1) is 4.63. The van der Waals surface area contributed by atoms with Gasteiger partial charge in [0.1, 0.15) is 0 Å². The highest BCUT2D eigenvalue weighted by molar-refractivity contribution is 4.69. The van der Waals surface area contributed by atoms with Crippen LogP contribution in [0, 0.1) is 11.8 Å². The third-order valence-corrected chi connectivity index (χ3v) is 1.75. The van der Waals surface area contributed by atoms with Crippen molar-refractivity contribution in [2.45, 2.75) is 20.0 Å². The first kappa shape index (κ1) is 9.88. The molecule has 3 heteroatoms.